The summed E-state index contributed by atoms with van der Waals surface area (Å²) in [7, 11) is 0. The Balaban J connectivity index is 1.77. The van der Waals surface area contributed by atoms with Crippen molar-refractivity contribution in [3.63, 3.8) is 0 Å². The first-order chi connectivity index (χ1) is 15.5. The number of hydrogen-bond acceptors (Lipinski definition) is 7. The van der Waals surface area contributed by atoms with E-state index < -0.39 is 0 Å². The van der Waals surface area contributed by atoms with Gasteiger partial charge in [0.25, 0.3) is 0 Å². The molecule has 0 saturated heterocycles. The molecule has 5 aromatic rings. The van der Waals surface area contributed by atoms with E-state index in [0.717, 1.165) is 33.8 Å². The SMILES string of the molecule is Cc1cc(-c2c(-c3ccccc3)[nH+]c(N)n3c(=O)n(CCc4nn[nH]n4)nc23)cc(C)n1. The van der Waals surface area contributed by atoms with Gasteiger partial charge in [-0.05, 0) is 31.5 Å². The Morgan fingerprint density at radius 3 is 2.53 bits per heavy atom. The number of aromatic amines is 2. The number of nitrogen functional groups attached to an aromatic ring is 1. The van der Waals surface area contributed by atoms with Gasteiger partial charge in [-0.3, -0.25) is 10.7 Å². The van der Waals surface area contributed by atoms with Gasteiger partial charge in [0.1, 0.15) is 5.69 Å². The molecule has 0 radical (unpaired) electrons. The van der Waals surface area contributed by atoms with Crippen molar-refractivity contribution < 1.29 is 4.98 Å². The van der Waals surface area contributed by atoms with Crippen molar-refractivity contribution in [1.82, 2.24) is 39.8 Å². The zero-order chi connectivity index (χ0) is 22.2. The largest absolute Gasteiger partial charge is 0.411 e. The first-order valence-corrected chi connectivity index (χ1v) is 10.1. The number of aromatic nitrogens is 9. The standard InChI is InChI=1S/C21H20N10O/c1-12-10-15(11-13(2)23-12)17-18(14-6-4-3-5-7-14)24-20(22)31-19(17)27-30(21(31)32)9-8-16-25-28-29-26-16/h3-7,10-11H,8-9H2,1-2H3,(H2,22,24)(H,25,26,28,29)/p+1. The number of H-pyrrole nitrogens is 2. The minimum atomic E-state index is -0.347. The fraction of sp³-hybridized carbons (Fsp3) is 0.190. The van der Waals surface area contributed by atoms with Gasteiger partial charge in [-0.15, -0.1) is 19.7 Å². The highest BCUT2D eigenvalue weighted by Gasteiger charge is 2.26. The number of fused-ring (bicyclic) bond motifs is 1. The number of aryl methyl sites for hydroxylation is 4. The van der Waals surface area contributed by atoms with Gasteiger partial charge in [0, 0.05) is 23.4 Å². The van der Waals surface area contributed by atoms with Gasteiger partial charge in [0.05, 0.1) is 12.1 Å². The van der Waals surface area contributed by atoms with Crippen LogP contribution < -0.4 is 16.4 Å². The van der Waals surface area contributed by atoms with Gasteiger partial charge in [-0.2, -0.15) is 9.90 Å². The average Bonchev–Trinajstić information content (AvgIpc) is 3.40. The van der Waals surface area contributed by atoms with Gasteiger partial charge in [0.2, 0.25) is 5.65 Å². The third kappa shape index (κ3) is 3.39. The first-order valence-electron chi connectivity index (χ1n) is 10.1. The Kier molecular flexibility index (Phi) is 4.70. The second kappa shape index (κ2) is 7.69. The van der Waals surface area contributed by atoms with E-state index in [1.165, 1.54) is 9.08 Å². The van der Waals surface area contributed by atoms with E-state index in [0.29, 0.717) is 17.9 Å². The minimum absolute atomic E-state index is 0.195. The van der Waals surface area contributed by atoms with Crippen LogP contribution in [0.25, 0.3) is 28.0 Å². The van der Waals surface area contributed by atoms with Crippen LogP contribution in [0.3, 0.4) is 0 Å². The molecule has 0 aliphatic carbocycles. The molecule has 160 valence electrons. The second-order valence-corrected chi connectivity index (χ2v) is 7.51. The first kappa shape index (κ1) is 19.5. The van der Waals surface area contributed by atoms with E-state index in [9.17, 15) is 4.79 Å². The van der Waals surface area contributed by atoms with Crippen LogP contribution in [0.5, 0.6) is 0 Å². The number of tetrazole rings is 1. The van der Waals surface area contributed by atoms with Crippen molar-refractivity contribution in [1.29, 1.82) is 0 Å². The molecule has 11 heteroatoms. The lowest BCUT2D eigenvalue weighted by Gasteiger charge is -2.10. The Morgan fingerprint density at radius 2 is 1.84 bits per heavy atom. The monoisotopic (exact) mass is 429 g/mol. The molecule has 0 saturated carbocycles. The summed E-state index contributed by atoms with van der Waals surface area (Å²) in [6, 6.07) is 13.8. The molecule has 0 spiro atoms. The maximum Gasteiger partial charge on any atom is 0.411 e. The number of nitrogens with zero attached hydrogens (tertiary/aromatic N) is 7. The number of benzene rings is 1. The summed E-state index contributed by atoms with van der Waals surface area (Å²) in [5, 5.41) is 18.5. The number of nitrogens with two attached hydrogens (primary N) is 1. The van der Waals surface area contributed by atoms with Crippen LogP contribution in [0.2, 0.25) is 0 Å². The zero-order valence-corrected chi connectivity index (χ0v) is 17.6. The number of rotatable bonds is 5. The Labute approximate surface area is 182 Å². The van der Waals surface area contributed by atoms with Gasteiger partial charge >= 0.3 is 11.6 Å². The van der Waals surface area contributed by atoms with Crippen LogP contribution in [0.4, 0.5) is 5.95 Å². The van der Waals surface area contributed by atoms with Gasteiger partial charge in [-0.1, -0.05) is 35.5 Å². The average molecular weight is 429 g/mol. The number of nitrogens with one attached hydrogen (secondary N) is 2. The smallest absolute Gasteiger partial charge is 0.290 e. The molecular weight excluding hydrogens is 408 g/mol. The summed E-state index contributed by atoms with van der Waals surface area (Å²) >= 11 is 0. The van der Waals surface area contributed by atoms with Crippen molar-refractivity contribution in [3.05, 3.63) is 70.2 Å². The summed E-state index contributed by atoms with van der Waals surface area (Å²) in [6.07, 6.45) is 0.401. The lowest BCUT2D eigenvalue weighted by Crippen LogP contribution is -2.28. The fourth-order valence-electron chi connectivity index (χ4n) is 3.86. The number of hydrogen-bond donors (Lipinski definition) is 2. The predicted molar refractivity (Wildman–Crippen MR) is 116 cm³/mol. The van der Waals surface area contributed by atoms with Crippen molar-refractivity contribution in [2.45, 2.75) is 26.8 Å². The van der Waals surface area contributed by atoms with Crippen LogP contribution in [0.15, 0.2) is 47.3 Å². The highest BCUT2D eigenvalue weighted by atomic mass is 16.2. The summed E-state index contributed by atoms with van der Waals surface area (Å²) in [5.41, 5.74) is 11.5. The number of pyridine rings is 1. The molecule has 0 amide bonds. The van der Waals surface area contributed by atoms with Crippen molar-refractivity contribution >= 4 is 11.6 Å². The lowest BCUT2D eigenvalue weighted by molar-refractivity contribution is -0.351. The molecule has 4 N–H and O–H groups in total. The van der Waals surface area contributed by atoms with Crippen LogP contribution in [-0.4, -0.2) is 39.8 Å². The predicted octanol–water partition coefficient (Wildman–Crippen LogP) is 0.994. The van der Waals surface area contributed by atoms with Crippen molar-refractivity contribution in [3.8, 4) is 22.4 Å². The topological polar surface area (TPSA) is 147 Å². The highest BCUT2D eigenvalue weighted by molar-refractivity contribution is 5.88. The summed E-state index contributed by atoms with van der Waals surface area (Å²) in [4.78, 5) is 20.9. The zero-order valence-electron chi connectivity index (χ0n) is 17.6. The van der Waals surface area contributed by atoms with Crippen LogP contribution in [-0.2, 0) is 13.0 Å². The molecule has 1 aromatic carbocycles. The van der Waals surface area contributed by atoms with Gasteiger partial charge in [-0.25, -0.2) is 9.78 Å². The summed E-state index contributed by atoms with van der Waals surface area (Å²) in [6.45, 7) is 4.16. The maximum atomic E-state index is 13.2. The van der Waals surface area contributed by atoms with E-state index in [1.807, 2.05) is 56.3 Å². The molecule has 0 atom stereocenters. The molecule has 0 bridgehead atoms. The van der Waals surface area contributed by atoms with Crippen molar-refractivity contribution in [2.75, 3.05) is 5.73 Å². The Morgan fingerprint density at radius 1 is 1.09 bits per heavy atom. The molecule has 32 heavy (non-hydrogen) atoms. The molecular formula is C21H21N10O+. The number of anilines is 1. The van der Waals surface area contributed by atoms with Crippen molar-refractivity contribution in [2.24, 2.45) is 0 Å². The van der Waals surface area contributed by atoms with Gasteiger partial charge in [0.15, 0.2) is 5.82 Å². The van der Waals surface area contributed by atoms with E-state index in [4.69, 9.17) is 5.73 Å². The quantitative estimate of drug-likeness (QED) is 0.423. The normalized spacial score (nSPS) is 11.3. The third-order valence-electron chi connectivity index (χ3n) is 5.18. The van der Waals surface area contributed by atoms with E-state index in [1.54, 1.807) is 0 Å². The minimum Gasteiger partial charge on any atom is -0.290 e. The molecule has 5 rings (SSSR count). The van der Waals surface area contributed by atoms with E-state index >= 15 is 0 Å². The van der Waals surface area contributed by atoms with E-state index in [2.05, 4.69) is 35.7 Å². The molecule has 4 heterocycles. The highest BCUT2D eigenvalue weighted by Crippen LogP contribution is 2.32. The molecule has 11 nitrogen and oxygen atoms in total. The Hall–Kier alpha value is -4.41. The third-order valence-corrected chi connectivity index (χ3v) is 5.18. The van der Waals surface area contributed by atoms with Crippen LogP contribution in [0, 0.1) is 13.8 Å². The molecule has 0 fully saturated rings. The Bertz CT molecular complexity index is 1450. The summed E-state index contributed by atoms with van der Waals surface area (Å²) in [5.74, 6) is 0.694. The van der Waals surface area contributed by atoms with Crippen LogP contribution in [0.1, 0.15) is 17.2 Å². The maximum absolute atomic E-state index is 13.2. The second-order valence-electron chi connectivity index (χ2n) is 7.51. The van der Waals surface area contributed by atoms with Crippen LogP contribution >= 0.6 is 0 Å². The molecule has 0 aliphatic rings. The van der Waals surface area contributed by atoms with E-state index in [-0.39, 0.29) is 18.2 Å². The lowest BCUT2D eigenvalue weighted by atomic mass is 9.99. The summed E-state index contributed by atoms with van der Waals surface area (Å²) < 4.78 is 2.76. The van der Waals surface area contributed by atoms with Gasteiger partial charge < -0.3 is 0 Å². The fourth-order valence-corrected chi connectivity index (χ4v) is 3.86. The molecule has 0 aliphatic heterocycles. The molecule has 0 unspecified atom stereocenters. The molecule has 4 aromatic heterocycles.